The van der Waals surface area contributed by atoms with E-state index in [-0.39, 0.29) is 17.9 Å². The molecule has 2 heterocycles. The molecule has 3 N–H and O–H groups in total. The van der Waals surface area contributed by atoms with Gasteiger partial charge in [-0.1, -0.05) is 13.8 Å². The topological polar surface area (TPSA) is 91.1 Å². The summed E-state index contributed by atoms with van der Waals surface area (Å²) in [5.74, 6) is -0.316. The van der Waals surface area contributed by atoms with Gasteiger partial charge in [0.1, 0.15) is 11.9 Å². The highest BCUT2D eigenvalue weighted by Gasteiger charge is 2.38. The molecule has 2 atom stereocenters. The number of nitrogens with two attached hydrogens (primary N) is 1. The number of carbonyl (C=O) groups is 2. The van der Waals surface area contributed by atoms with Crippen molar-refractivity contribution in [1.82, 2.24) is 20.0 Å². The number of hydrogen-bond donors (Lipinski definition) is 2. The lowest BCUT2D eigenvalue weighted by Gasteiger charge is -2.44. The summed E-state index contributed by atoms with van der Waals surface area (Å²) in [6.45, 7) is 11.9. The molecule has 2 amide bonds. The fraction of sp³-hybridized carbons (Fsp3) is 0.680. The molecule has 9 heteroatoms. The van der Waals surface area contributed by atoms with E-state index in [0.717, 1.165) is 52.4 Å². The Morgan fingerprint density at radius 2 is 1.91 bits per heavy atom. The lowest BCUT2D eigenvalue weighted by Crippen LogP contribution is -2.58. The molecule has 2 fully saturated rings. The lowest BCUT2D eigenvalue weighted by atomic mass is 9.93. The molecule has 2 aliphatic heterocycles. The molecule has 1 unspecified atom stereocenters. The minimum Gasteiger partial charge on any atom is -0.379 e. The molecule has 0 saturated carbocycles. The third-order valence-electron chi connectivity index (χ3n) is 6.60. The van der Waals surface area contributed by atoms with Crippen LogP contribution >= 0.6 is 0 Å². The van der Waals surface area contributed by atoms with E-state index in [0.29, 0.717) is 37.5 Å². The maximum Gasteiger partial charge on any atom is 0.254 e. The van der Waals surface area contributed by atoms with Crippen molar-refractivity contribution in [2.24, 2.45) is 11.7 Å². The highest BCUT2D eigenvalue weighted by Crippen LogP contribution is 2.25. The van der Waals surface area contributed by atoms with Crippen molar-refractivity contribution in [3.05, 3.63) is 35.6 Å². The van der Waals surface area contributed by atoms with Crippen molar-refractivity contribution in [3.63, 3.8) is 0 Å². The summed E-state index contributed by atoms with van der Waals surface area (Å²) in [5, 5.41) is 2.87. The standard InChI is InChI=1S/C25H40FN5O3/c1-19(2)18-30(12-11-29-13-15-34-16-14-29)22-7-10-31(23(17-22)24(32)28-9-8-27)25(33)20-3-5-21(26)6-4-20/h3-6,19,22-23H,7-18,27H2,1-2H3,(H,28,32)/t22?,23-/m1/s1. The minimum absolute atomic E-state index is 0.178. The summed E-state index contributed by atoms with van der Waals surface area (Å²) in [7, 11) is 0. The smallest absolute Gasteiger partial charge is 0.254 e. The Balaban J connectivity index is 1.73. The quantitative estimate of drug-likeness (QED) is 0.526. The van der Waals surface area contributed by atoms with Gasteiger partial charge in [-0.2, -0.15) is 0 Å². The molecule has 1 aromatic carbocycles. The van der Waals surface area contributed by atoms with Gasteiger partial charge in [-0.15, -0.1) is 0 Å². The Labute approximate surface area is 202 Å². The zero-order valence-corrected chi connectivity index (χ0v) is 20.5. The van der Waals surface area contributed by atoms with Crippen LogP contribution in [-0.2, 0) is 9.53 Å². The molecular weight excluding hydrogens is 437 g/mol. The summed E-state index contributed by atoms with van der Waals surface area (Å²) in [6.07, 6.45) is 1.36. The maximum absolute atomic E-state index is 13.4. The normalized spacial score (nSPS) is 21.8. The fourth-order valence-corrected chi connectivity index (χ4v) is 4.83. The van der Waals surface area contributed by atoms with Crippen LogP contribution in [0, 0.1) is 11.7 Å². The Morgan fingerprint density at radius 1 is 1.21 bits per heavy atom. The number of nitrogens with zero attached hydrogens (tertiary/aromatic N) is 3. The van der Waals surface area contributed by atoms with Crippen molar-refractivity contribution in [2.45, 2.75) is 38.8 Å². The first-order valence-corrected chi connectivity index (χ1v) is 12.5. The highest BCUT2D eigenvalue weighted by atomic mass is 19.1. The van der Waals surface area contributed by atoms with Crippen LogP contribution in [0.15, 0.2) is 24.3 Å². The highest BCUT2D eigenvalue weighted by molar-refractivity contribution is 5.97. The molecule has 0 aliphatic carbocycles. The fourth-order valence-electron chi connectivity index (χ4n) is 4.83. The van der Waals surface area contributed by atoms with Crippen LogP contribution in [0.1, 0.15) is 37.0 Å². The Hall–Kier alpha value is -2.07. The third kappa shape index (κ3) is 7.46. The van der Waals surface area contributed by atoms with Crippen molar-refractivity contribution in [3.8, 4) is 0 Å². The van der Waals surface area contributed by atoms with Gasteiger partial charge in [0.2, 0.25) is 5.91 Å². The largest absolute Gasteiger partial charge is 0.379 e. The Bertz CT molecular complexity index is 785. The Kier molecular flexibility index (Phi) is 10.2. The number of halogens is 1. The van der Waals surface area contributed by atoms with Gasteiger partial charge in [-0.3, -0.25) is 19.4 Å². The minimum atomic E-state index is -0.582. The van der Waals surface area contributed by atoms with Crippen molar-refractivity contribution < 1.29 is 18.7 Å². The van der Waals surface area contributed by atoms with Gasteiger partial charge in [0.05, 0.1) is 13.2 Å². The molecule has 3 rings (SSSR count). The number of amides is 2. The van der Waals surface area contributed by atoms with Gasteiger partial charge in [0, 0.05) is 64.0 Å². The number of morpholine rings is 1. The summed E-state index contributed by atoms with van der Waals surface area (Å²) in [5.41, 5.74) is 5.99. The van der Waals surface area contributed by atoms with Crippen LogP contribution in [-0.4, -0.2) is 104 Å². The predicted molar refractivity (Wildman–Crippen MR) is 130 cm³/mol. The van der Waals surface area contributed by atoms with Crippen LogP contribution in [0.4, 0.5) is 4.39 Å². The molecule has 2 aliphatic rings. The summed E-state index contributed by atoms with van der Waals surface area (Å²) < 4.78 is 18.8. The molecular formula is C25H40FN5O3. The monoisotopic (exact) mass is 477 g/mol. The van der Waals surface area contributed by atoms with Crippen molar-refractivity contribution in [1.29, 1.82) is 0 Å². The summed E-state index contributed by atoms with van der Waals surface area (Å²) >= 11 is 0. The molecule has 0 bridgehead atoms. The van der Waals surface area contributed by atoms with Crippen LogP contribution in [0.25, 0.3) is 0 Å². The average Bonchev–Trinajstić information content (AvgIpc) is 2.85. The lowest BCUT2D eigenvalue weighted by molar-refractivity contribution is -0.127. The summed E-state index contributed by atoms with van der Waals surface area (Å²) in [6, 6.07) is 5.13. The van der Waals surface area contributed by atoms with E-state index < -0.39 is 11.9 Å². The van der Waals surface area contributed by atoms with E-state index in [1.807, 2.05) is 0 Å². The van der Waals surface area contributed by atoms with Crippen molar-refractivity contribution in [2.75, 3.05) is 65.6 Å². The molecule has 0 aromatic heterocycles. The second-order valence-electron chi connectivity index (χ2n) is 9.62. The number of ether oxygens (including phenoxy) is 1. The molecule has 8 nitrogen and oxygen atoms in total. The zero-order valence-electron chi connectivity index (χ0n) is 20.5. The SMILES string of the molecule is CC(C)CN(CCN1CCOCC1)C1CCN(C(=O)c2ccc(F)cc2)[C@@H](C(=O)NCCN)C1. The molecule has 0 radical (unpaired) electrons. The number of piperidine rings is 1. The third-order valence-corrected chi connectivity index (χ3v) is 6.60. The van der Waals surface area contributed by atoms with Gasteiger partial charge >= 0.3 is 0 Å². The number of nitrogens with one attached hydrogen (secondary N) is 1. The van der Waals surface area contributed by atoms with Gasteiger partial charge in [0.25, 0.3) is 5.91 Å². The van der Waals surface area contributed by atoms with E-state index >= 15 is 0 Å². The number of benzene rings is 1. The van der Waals surface area contributed by atoms with E-state index in [2.05, 4.69) is 29.0 Å². The van der Waals surface area contributed by atoms with Gasteiger partial charge in [-0.05, 0) is 43.0 Å². The van der Waals surface area contributed by atoms with Crippen LogP contribution in [0.2, 0.25) is 0 Å². The van der Waals surface area contributed by atoms with Gasteiger partial charge in [-0.25, -0.2) is 4.39 Å². The molecule has 2 saturated heterocycles. The van der Waals surface area contributed by atoms with E-state index in [4.69, 9.17) is 10.5 Å². The molecule has 34 heavy (non-hydrogen) atoms. The van der Waals surface area contributed by atoms with Crippen LogP contribution in [0.5, 0.6) is 0 Å². The zero-order chi connectivity index (χ0) is 24.5. The van der Waals surface area contributed by atoms with Crippen LogP contribution < -0.4 is 11.1 Å². The van der Waals surface area contributed by atoms with Gasteiger partial charge < -0.3 is 20.7 Å². The molecule has 190 valence electrons. The Morgan fingerprint density at radius 3 is 2.56 bits per heavy atom. The molecule has 0 spiro atoms. The van der Waals surface area contributed by atoms with Crippen LogP contribution in [0.3, 0.4) is 0 Å². The maximum atomic E-state index is 13.4. The first-order valence-electron chi connectivity index (χ1n) is 12.5. The predicted octanol–water partition coefficient (Wildman–Crippen LogP) is 1.16. The number of hydrogen-bond acceptors (Lipinski definition) is 6. The average molecular weight is 478 g/mol. The van der Waals surface area contributed by atoms with E-state index in [1.165, 1.54) is 24.3 Å². The summed E-state index contributed by atoms with van der Waals surface area (Å²) in [4.78, 5) is 32.9. The number of likely N-dealkylation sites (tertiary alicyclic amines) is 1. The molecule has 1 aromatic rings. The number of rotatable bonds is 10. The van der Waals surface area contributed by atoms with E-state index in [9.17, 15) is 14.0 Å². The van der Waals surface area contributed by atoms with Gasteiger partial charge in [0.15, 0.2) is 0 Å². The first-order chi connectivity index (χ1) is 16.4. The number of carbonyl (C=O) groups excluding carboxylic acids is 2. The van der Waals surface area contributed by atoms with Crippen molar-refractivity contribution >= 4 is 11.8 Å². The second-order valence-corrected chi connectivity index (χ2v) is 9.62. The van der Waals surface area contributed by atoms with E-state index in [1.54, 1.807) is 4.90 Å². The first kappa shape index (κ1) is 26.5. The second kappa shape index (κ2) is 13.1.